The second-order valence-electron chi connectivity index (χ2n) is 6.66. The van der Waals surface area contributed by atoms with Crippen LogP contribution in [0.15, 0.2) is 29.2 Å². The zero-order valence-corrected chi connectivity index (χ0v) is 16.1. The Balaban J connectivity index is 1.97. The molecule has 1 aliphatic heterocycles. The maximum absolute atomic E-state index is 11.9. The van der Waals surface area contributed by atoms with Gasteiger partial charge >= 0.3 is 5.97 Å². The fraction of sp³-hybridized carbons (Fsp3) is 0.526. The van der Waals surface area contributed by atoms with E-state index in [1.165, 1.54) is 4.90 Å². The summed E-state index contributed by atoms with van der Waals surface area (Å²) in [6, 6.07) is 8.31. The quantitative estimate of drug-likeness (QED) is 0.551. The van der Waals surface area contributed by atoms with Crippen LogP contribution in [0.1, 0.15) is 52.5 Å². The van der Waals surface area contributed by atoms with Gasteiger partial charge in [-0.05, 0) is 51.8 Å². The van der Waals surface area contributed by atoms with E-state index in [4.69, 9.17) is 4.84 Å². The third kappa shape index (κ3) is 5.08. The highest BCUT2D eigenvalue weighted by molar-refractivity contribution is 7.98. The Morgan fingerprint density at radius 2 is 1.72 bits per heavy atom. The number of hydrogen-bond acceptors (Lipinski definition) is 4. The Kier molecular flexibility index (Phi) is 6.64. The fourth-order valence-electron chi connectivity index (χ4n) is 2.99. The third-order valence-corrected chi connectivity index (χ3v) is 6.83. The van der Waals surface area contributed by atoms with Crippen molar-refractivity contribution >= 4 is 28.7 Å². The molecular weight excluding hydrogens is 338 g/mol. The largest absolute Gasteiger partial charge is 0.333 e. The van der Waals surface area contributed by atoms with Gasteiger partial charge in [0.25, 0.3) is 11.8 Å². The standard InChI is InChI=1S/C19H26NO4S/c1-13(2)25(14(3)4)16-7-5-6-15(12-16)8-11-19(23)24-20-17(21)9-10-18(20)22/h5-7,12-14H,8-11H2,1-4H3/q+1. The Morgan fingerprint density at radius 3 is 2.28 bits per heavy atom. The Hall–Kier alpha value is -1.82. The molecule has 1 aliphatic rings. The summed E-state index contributed by atoms with van der Waals surface area (Å²) < 4.78 is 0. The van der Waals surface area contributed by atoms with Crippen molar-refractivity contribution in [1.82, 2.24) is 5.06 Å². The molecule has 6 heteroatoms. The van der Waals surface area contributed by atoms with Crippen LogP contribution in [0.4, 0.5) is 0 Å². The van der Waals surface area contributed by atoms with Gasteiger partial charge in [-0.25, -0.2) is 4.79 Å². The summed E-state index contributed by atoms with van der Waals surface area (Å²) >= 11 is 0. The second-order valence-corrected chi connectivity index (χ2v) is 9.76. The maximum Gasteiger partial charge on any atom is 0.333 e. The van der Waals surface area contributed by atoms with E-state index in [-0.39, 0.29) is 30.2 Å². The Labute approximate surface area is 152 Å². The van der Waals surface area contributed by atoms with Gasteiger partial charge in [-0.15, -0.1) is 5.06 Å². The van der Waals surface area contributed by atoms with E-state index >= 15 is 0 Å². The number of carbonyl (C=O) groups excluding carboxylic acids is 3. The highest BCUT2D eigenvalue weighted by Crippen LogP contribution is 2.25. The van der Waals surface area contributed by atoms with Crippen LogP contribution in [-0.4, -0.2) is 33.3 Å². The van der Waals surface area contributed by atoms with E-state index in [1.54, 1.807) is 0 Å². The van der Waals surface area contributed by atoms with Crippen LogP contribution >= 0.6 is 0 Å². The highest BCUT2D eigenvalue weighted by atomic mass is 32.2. The molecule has 5 nitrogen and oxygen atoms in total. The number of benzene rings is 1. The van der Waals surface area contributed by atoms with Crippen LogP contribution in [-0.2, 0) is 36.5 Å². The van der Waals surface area contributed by atoms with Crippen molar-refractivity contribution in [2.24, 2.45) is 0 Å². The first-order valence-electron chi connectivity index (χ1n) is 8.67. The molecule has 1 heterocycles. The van der Waals surface area contributed by atoms with E-state index in [0.717, 1.165) is 5.56 Å². The number of hydroxylamine groups is 2. The van der Waals surface area contributed by atoms with Crippen molar-refractivity contribution in [3.05, 3.63) is 29.8 Å². The van der Waals surface area contributed by atoms with Crippen molar-refractivity contribution in [2.75, 3.05) is 0 Å². The second kappa shape index (κ2) is 8.52. The third-order valence-electron chi connectivity index (χ3n) is 4.00. The van der Waals surface area contributed by atoms with Crippen LogP contribution in [0, 0.1) is 0 Å². The van der Waals surface area contributed by atoms with E-state index in [1.807, 2.05) is 12.1 Å². The van der Waals surface area contributed by atoms with Crippen molar-refractivity contribution in [3.8, 4) is 0 Å². The first-order chi connectivity index (χ1) is 11.8. The number of aryl methyl sites for hydroxylation is 1. The highest BCUT2D eigenvalue weighted by Gasteiger charge is 2.33. The van der Waals surface area contributed by atoms with Gasteiger partial charge in [0, 0.05) is 23.7 Å². The summed E-state index contributed by atoms with van der Waals surface area (Å²) in [5.74, 6) is -1.45. The van der Waals surface area contributed by atoms with Gasteiger partial charge < -0.3 is 4.84 Å². The van der Waals surface area contributed by atoms with Crippen LogP contribution in [0.5, 0.6) is 0 Å². The lowest BCUT2D eigenvalue weighted by molar-refractivity contribution is -0.197. The molecule has 25 heavy (non-hydrogen) atoms. The summed E-state index contributed by atoms with van der Waals surface area (Å²) in [5.41, 5.74) is 1.06. The molecule has 1 aromatic rings. The number of imide groups is 1. The van der Waals surface area contributed by atoms with Gasteiger partial charge in [-0.3, -0.25) is 9.59 Å². The SMILES string of the molecule is CC(C)[S+](c1cccc(CCC(=O)ON2C(=O)CCC2=O)c1)C(C)C. The van der Waals surface area contributed by atoms with E-state index in [9.17, 15) is 14.4 Å². The summed E-state index contributed by atoms with van der Waals surface area (Å²) in [6.07, 6.45) is 0.885. The van der Waals surface area contributed by atoms with E-state index < -0.39 is 17.8 Å². The molecular formula is C19H26NO4S+. The summed E-state index contributed by atoms with van der Waals surface area (Å²) in [4.78, 5) is 41.1. The predicted molar refractivity (Wildman–Crippen MR) is 97.8 cm³/mol. The topological polar surface area (TPSA) is 63.7 Å². The first-order valence-corrected chi connectivity index (χ1v) is 10.0. The van der Waals surface area contributed by atoms with Gasteiger partial charge in [0.05, 0.1) is 6.42 Å². The van der Waals surface area contributed by atoms with E-state index in [0.29, 0.717) is 22.0 Å². The van der Waals surface area contributed by atoms with Gasteiger partial charge in [-0.2, -0.15) is 0 Å². The van der Waals surface area contributed by atoms with Crippen molar-refractivity contribution in [3.63, 3.8) is 0 Å². The molecule has 0 saturated carbocycles. The van der Waals surface area contributed by atoms with Crippen molar-refractivity contribution in [2.45, 2.75) is 68.8 Å². The number of hydrogen-bond donors (Lipinski definition) is 0. The summed E-state index contributed by atoms with van der Waals surface area (Å²) in [7, 11) is 0.157. The average molecular weight is 364 g/mol. The molecule has 1 fully saturated rings. The zero-order chi connectivity index (χ0) is 18.6. The average Bonchev–Trinajstić information content (AvgIpc) is 2.84. The van der Waals surface area contributed by atoms with Gasteiger partial charge in [0.15, 0.2) is 4.90 Å². The Morgan fingerprint density at radius 1 is 1.12 bits per heavy atom. The zero-order valence-electron chi connectivity index (χ0n) is 15.3. The molecule has 0 radical (unpaired) electrons. The van der Waals surface area contributed by atoms with Crippen LogP contribution in [0.2, 0.25) is 0 Å². The monoisotopic (exact) mass is 364 g/mol. The summed E-state index contributed by atoms with van der Waals surface area (Å²) in [6.45, 7) is 8.93. The number of nitrogens with zero attached hydrogens (tertiary/aromatic N) is 1. The minimum Gasteiger partial charge on any atom is -0.330 e. The van der Waals surface area contributed by atoms with Crippen LogP contribution in [0.3, 0.4) is 0 Å². The minimum atomic E-state index is -0.555. The lowest BCUT2D eigenvalue weighted by Crippen LogP contribution is -2.32. The normalized spacial score (nSPS) is 14.9. The maximum atomic E-state index is 11.9. The lowest BCUT2D eigenvalue weighted by Gasteiger charge is -2.16. The van der Waals surface area contributed by atoms with Gasteiger partial charge in [0.2, 0.25) is 0 Å². The van der Waals surface area contributed by atoms with Gasteiger partial charge in [-0.1, -0.05) is 12.1 Å². The molecule has 0 aliphatic carbocycles. The molecule has 136 valence electrons. The molecule has 2 amide bonds. The smallest absolute Gasteiger partial charge is 0.330 e. The van der Waals surface area contributed by atoms with Crippen molar-refractivity contribution < 1.29 is 19.2 Å². The minimum absolute atomic E-state index is 0.112. The number of carbonyl (C=O) groups is 3. The van der Waals surface area contributed by atoms with Crippen molar-refractivity contribution in [1.29, 1.82) is 0 Å². The Bertz CT molecular complexity index is 633. The molecule has 0 bridgehead atoms. The molecule has 0 aromatic heterocycles. The molecule has 0 N–H and O–H groups in total. The predicted octanol–water partition coefficient (Wildman–Crippen LogP) is 3.02. The fourth-order valence-corrected chi connectivity index (χ4v) is 5.69. The number of rotatable bonds is 7. The molecule has 2 rings (SSSR count). The number of amides is 2. The van der Waals surface area contributed by atoms with Gasteiger partial charge in [0.1, 0.15) is 10.5 Å². The van der Waals surface area contributed by atoms with Crippen LogP contribution in [0.25, 0.3) is 0 Å². The first kappa shape index (κ1) is 19.5. The molecule has 0 spiro atoms. The molecule has 0 atom stereocenters. The lowest BCUT2D eigenvalue weighted by atomic mass is 10.1. The molecule has 1 saturated heterocycles. The summed E-state index contributed by atoms with van der Waals surface area (Å²) in [5, 5.41) is 1.73. The molecule has 1 aromatic carbocycles. The molecule has 0 unspecified atom stereocenters. The van der Waals surface area contributed by atoms with Crippen LogP contribution < -0.4 is 0 Å². The van der Waals surface area contributed by atoms with E-state index in [2.05, 4.69) is 39.8 Å².